The molecule has 0 aliphatic carbocycles. The van der Waals surface area contributed by atoms with Gasteiger partial charge in [0.2, 0.25) is 5.82 Å². The summed E-state index contributed by atoms with van der Waals surface area (Å²) in [4.78, 5) is 0. The summed E-state index contributed by atoms with van der Waals surface area (Å²) in [6.45, 7) is 4.45. The van der Waals surface area contributed by atoms with Crippen LogP contribution in [0.25, 0.3) is 11.4 Å². The predicted octanol–water partition coefficient (Wildman–Crippen LogP) is 2.23. The van der Waals surface area contributed by atoms with Gasteiger partial charge < -0.3 is 4.74 Å². The molecule has 1 N–H and O–H groups in total. The van der Waals surface area contributed by atoms with Crippen molar-refractivity contribution in [2.45, 2.75) is 13.8 Å². The number of halogens is 1. The average molecular weight is 239 g/mol. The Morgan fingerprint density at radius 2 is 2.25 bits per heavy atom. The second kappa shape index (κ2) is 4.49. The first-order valence-corrected chi connectivity index (χ1v) is 5.27. The topological polar surface area (TPSA) is 63.7 Å². The van der Waals surface area contributed by atoms with Gasteiger partial charge in [0.1, 0.15) is 5.75 Å². The molecule has 2 aromatic rings. The summed E-state index contributed by atoms with van der Waals surface area (Å²) in [5.41, 5.74) is 1.84. The van der Waals surface area contributed by atoms with Crippen LogP contribution in [0.5, 0.6) is 5.75 Å². The molecule has 2 rings (SSSR count). The third-order valence-electron chi connectivity index (χ3n) is 2.16. The van der Waals surface area contributed by atoms with E-state index in [-0.39, 0.29) is 0 Å². The molecular weight excluding hydrogens is 228 g/mol. The molecule has 0 unspecified atom stereocenters. The van der Waals surface area contributed by atoms with Crippen LogP contribution in [0.3, 0.4) is 0 Å². The Labute approximate surface area is 97.8 Å². The van der Waals surface area contributed by atoms with E-state index in [4.69, 9.17) is 16.3 Å². The second-order valence-corrected chi connectivity index (χ2v) is 3.67. The van der Waals surface area contributed by atoms with Gasteiger partial charge in [-0.25, -0.2) is 0 Å². The number of aryl methyl sites for hydroxylation is 1. The van der Waals surface area contributed by atoms with Crippen molar-refractivity contribution in [3.63, 3.8) is 0 Å². The Morgan fingerprint density at radius 3 is 2.88 bits per heavy atom. The number of H-pyrrole nitrogens is 1. The summed E-state index contributed by atoms with van der Waals surface area (Å²) in [6.07, 6.45) is 0. The van der Waals surface area contributed by atoms with Gasteiger partial charge in [-0.05, 0) is 36.8 Å². The summed E-state index contributed by atoms with van der Waals surface area (Å²) < 4.78 is 5.39. The van der Waals surface area contributed by atoms with Gasteiger partial charge in [0.25, 0.3) is 0 Å². The van der Waals surface area contributed by atoms with Crippen molar-refractivity contribution in [2.75, 3.05) is 6.61 Å². The van der Waals surface area contributed by atoms with Crippen LogP contribution in [0.4, 0.5) is 0 Å². The molecule has 0 spiro atoms. The molecule has 1 heterocycles. The van der Waals surface area contributed by atoms with E-state index in [2.05, 4.69) is 20.6 Å². The molecule has 84 valence electrons. The minimum absolute atomic E-state index is 0.530. The van der Waals surface area contributed by atoms with E-state index in [0.717, 1.165) is 11.1 Å². The molecule has 0 aliphatic heterocycles. The zero-order valence-electron chi connectivity index (χ0n) is 8.99. The fraction of sp³-hybridized carbons (Fsp3) is 0.300. The Morgan fingerprint density at radius 1 is 1.44 bits per heavy atom. The molecule has 0 aliphatic rings. The van der Waals surface area contributed by atoms with Crippen molar-refractivity contribution in [3.8, 4) is 17.1 Å². The number of aromatic amines is 1. The molecule has 1 aromatic heterocycles. The highest BCUT2D eigenvalue weighted by molar-refractivity contribution is 6.32. The van der Waals surface area contributed by atoms with Gasteiger partial charge in [-0.2, -0.15) is 5.21 Å². The molecule has 6 heteroatoms. The van der Waals surface area contributed by atoms with E-state index in [0.29, 0.717) is 23.2 Å². The summed E-state index contributed by atoms with van der Waals surface area (Å²) in [5.74, 6) is 1.20. The SMILES string of the molecule is CCOc1cc(C)c(-c2nn[nH]n2)cc1Cl. The molecule has 0 fully saturated rings. The Bertz CT molecular complexity index is 484. The number of hydrogen-bond acceptors (Lipinski definition) is 4. The van der Waals surface area contributed by atoms with Gasteiger partial charge in [-0.3, -0.25) is 0 Å². The van der Waals surface area contributed by atoms with Gasteiger partial charge in [0, 0.05) is 5.56 Å². The van der Waals surface area contributed by atoms with Crippen molar-refractivity contribution in [3.05, 3.63) is 22.7 Å². The molecule has 0 atom stereocenters. The maximum absolute atomic E-state index is 6.09. The van der Waals surface area contributed by atoms with Crippen LogP contribution in [-0.2, 0) is 0 Å². The Kier molecular flexibility index (Phi) is 3.05. The van der Waals surface area contributed by atoms with Crippen molar-refractivity contribution in [1.82, 2.24) is 20.6 Å². The lowest BCUT2D eigenvalue weighted by Crippen LogP contribution is -1.94. The van der Waals surface area contributed by atoms with E-state index >= 15 is 0 Å². The number of ether oxygens (including phenoxy) is 1. The lowest BCUT2D eigenvalue weighted by molar-refractivity contribution is 0.340. The highest BCUT2D eigenvalue weighted by Crippen LogP contribution is 2.31. The molecule has 16 heavy (non-hydrogen) atoms. The summed E-state index contributed by atoms with van der Waals surface area (Å²) in [7, 11) is 0. The highest BCUT2D eigenvalue weighted by atomic mass is 35.5. The van der Waals surface area contributed by atoms with Crippen LogP contribution in [0.15, 0.2) is 12.1 Å². The highest BCUT2D eigenvalue weighted by Gasteiger charge is 2.11. The predicted molar refractivity (Wildman–Crippen MR) is 60.5 cm³/mol. The van der Waals surface area contributed by atoms with Gasteiger partial charge in [0.05, 0.1) is 11.6 Å². The van der Waals surface area contributed by atoms with Crippen LogP contribution >= 0.6 is 11.6 Å². The number of hydrogen-bond donors (Lipinski definition) is 1. The maximum atomic E-state index is 6.09. The molecule has 5 nitrogen and oxygen atoms in total. The van der Waals surface area contributed by atoms with Crippen LogP contribution < -0.4 is 4.74 Å². The van der Waals surface area contributed by atoms with Crippen LogP contribution in [0.2, 0.25) is 5.02 Å². The molecule has 0 amide bonds. The standard InChI is InChI=1S/C10H11ClN4O/c1-3-16-9-4-6(2)7(5-8(9)11)10-12-14-15-13-10/h4-5H,3H2,1-2H3,(H,12,13,14,15). The van der Waals surface area contributed by atoms with Crippen molar-refractivity contribution >= 4 is 11.6 Å². The quantitative estimate of drug-likeness (QED) is 0.891. The normalized spacial score (nSPS) is 10.4. The van der Waals surface area contributed by atoms with Gasteiger partial charge in [0.15, 0.2) is 0 Å². The number of benzene rings is 1. The zero-order chi connectivity index (χ0) is 11.5. The minimum atomic E-state index is 0.530. The van der Waals surface area contributed by atoms with Crippen molar-refractivity contribution < 1.29 is 4.74 Å². The van der Waals surface area contributed by atoms with Gasteiger partial charge in [-0.1, -0.05) is 11.6 Å². The smallest absolute Gasteiger partial charge is 0.204 e. The fourth-order valence-corrected chi connectivity index (χ4v) is 1.66. The number of nitrogens with one attached hydrogen (secondary N) is 1. The third-order valence-corrected chi connectivity index (χ3v) is 2.46. The van der Waals surface area contributed by atoms with E-state index < -0.39 is 0 Å². The number of rotatable bonds is 3. The minimum Gasteiger partial charge on any atom is -0.492 e. The van der Waals surface area contributed by atoms with E-state index in [1.54, 1.807) is 6.07 Å². The monoisotopic (exact) mass is 238 g/mol. The maximum Gasteiger partial charge on any atom is 0.204 e. The van der Waals surface area contributed by atoms with E-state index in [1.165, 1.54) is 0 Å². The molecule has 1 aromatic carbocycles. The first-order chi connectivity index (χ1) is 7.72. The average Bonchev–Trinajstić information content (AvgIpc) is 2.76. The molecule has 0 saturated carbocycles. The Hall–Kier alpha value is -1.62. The van der Waals surface area contributed by atoms with Crippen molar-refractivity contribution in [1.29, 1.82) is 0 Å². The molecule has 0 bridgehead atoms. The van der Waals surface area contributed by atoms with Crippen molar-refractivity contribution in [2.24, 2.45) is 0 Å². The van der Waals surface area contributed by atoms with E-state index in [9.17, 15) is 0 Å². The number of nitrogens with zero attached hydrogens (tertiary/aromatic N) is 3. The fourth-order valence-electron chi connectivity index (χ4n) is 1.44. The van der Waals surface area contributed by atoms with Gasteiger partial charge in [-0.15, -0.1) is 10.2 Å². The van der Waals surface area contributed by atoms with Crippen LogP contribution in [0, 0.1) is 6.92 Å². The lowest BCUT2D eigenvalue weighted by Gasteiger charge is -2.08. The summed E-state index contributed by atoms with van der Waals surface area (Å²) >= 11 is 6.09. The lowest BCUT2D eigenvalue weighted by atomic mass is 10.1. The summed E-state index contributed by atoms with van der Waals surface area (Å²) in [5, 5.41) is 14.3. The van der Waals surface area contributed by atoms with Crippen LogP contribution in [-0.4, -0.2) is 27.2 Å². The number of tetrazole rings is 1. The van der Waals surface area contributed by atoms with Gasteiger partial charge >= 0.3 is 0 Å². The first-order valence-electron chi connectivity index (χ1n) is 4.89. The first kappa shape index (κ1) is 10.9. The van der Waals surface area contributed by atoms with E-state index in [1.807, 2.05) is 19.9 Å². The second-order valence-electron chi connectivity index (χ2n) is 3.27. The number of aromatic nitrogens is 4. The third kappa shape index (κ3) is 1.99. The molecule has 0 radical (unpaired) electrons. The molecule has 0 saturated heterocycles. The van der Waals surface area contributed by atoms with Crippen LogP contribution in [0.1, 0.15) is 12.5 Å². The zero-order valence-corrected chi connectivity index (χ0v) is 9.75. The molecular formula is C10H11ClN4O. The summed E-state index contributed by atoms with van der Waals surface area (Å²) in [6, 6.07) is 3.66. The Balaban J connectivity index is 2.46. The largest absolute Gasteiger partial charge is 0.492 e.